The molecule has 0 spiro atoms. The summed E-state index contributed by atoms with van der Waals surface area (Å²) in [5, 5.41) is 14.8. The number of urea groups is 1. The highest BCUT2D eigenvalue weighted by molar-refractivity contribution is 8.00. The fourth-order valence-corrected chi connectivity index (χ4v) is 3.75. The summed E-state index contributed by atoms with van der Waals surface area (Å²) in [6, 6.07) is -0.274. The normalized spacial score (nSPS) is 23.6. The van der Waals surface area contributed by atoms with Crippen LogP contribution in [-0.2, 0) is 4.79 Å². The van der Waals surface area contributed by atoms with E-state index in [1.54, 1.807) is 0 Å². The second-order valence-electron chi connectivity index (χ2n) is 7.27. The number of nitrogens with one attached hydrogen (secondary N) is 2. The van der Waals surface area contributed by atoms with E-state index in [1.165, 1.54) is 6.42 Å². The first kappa shape index (κ1) is 18.1. The molecule has 3 N–H and O–H groups in total. The number of rotatable bonds is 6. The van der Waals surface area contributed by atoms with Crippen LogP contribution < -0.4 is 10.6 Å². The number of carboxylic acids is 1. The molecule has 2 amide bonds. The summed E-state index contributed by atoms with van der Waals surface area (Å²) in [4.78, 5) is 23.0. The Hall–Kier alpha value is -0.910. The van der Waals surface area contributed by atoms with Crippen molar-refractivity contribution in [2.24, 2.45) is 11.3 Å². The first-order valence-electron chi connectivity index (χ1n) is 7.50. The molecule has 1 fully saturated rings. The quantitative estimate of drug-likeness (QED) is 0.704. The van der Waals surface area contributed by atoms with Gasteiger partial charge in [-0.15, -0.1) is 0 Å². The zero-order chi connectivity index (χ0) is 16.1. The first-order chi connectivity index (χ1) is 9.61. The Labute approximate surface area is 131 Å². The van der Waals surface area contributed by atoms with Crippen molar-refractivity contribution in [2.75, 3.05) is 18.8 Å². The van der Waals surface area contributed by atoms with Gasteiger partial charge in [0.15, 0.2) is 0 Å². The van der Waals surface area contributed by atoms with E-state index in [2.05, 4.69) is 17.6 Å². The van der Waals surface area contributed by atoms with Crippen LogP contribution in [0.2, 0.25) is 0 Å². The first-order valence-corrected chi connectivity index (χ1v) is 8.48. The van der Waals surface area contributed by atoms with Crippen LogP contribution in [0.4, 0.5) is 4.79 Å². The molecule has 1 saturated heterocycles. The highest BCUT2D eigenvalue weighted by Crippen LogP contribution is 2.36. The Kier molecular flexibility index (Phi) is 6.38. The summed E-state index contributed by atoms with van der Waals surface area (Å²) in [5.41, 5.74) is -0.0742. The van der Waals surface area contributed by atoms with Gasteiger partial charge in [-0.3, -0.25) is 4.79 Å². The fourth-order valence-electron chi connectivity index (χ4n) is 2.51. The largest absolute Gasteiger partial charge is 0.481 e. The summed E-state index contributed by atoms with van der Waals surface area (Å²) in [6.07, 6.45) is 2.84. The predicted octanol–water partition coefficient (Wildman–Crippen LogP) is 2.71. The summed E-state index contributed by atoms with van der Waals surface area (Å²) in [5.74, 6) is -0.261. The third kappa shape index (κ3) is 7.07. The minimum Gasteiger partial charge on any atom is -0.481 e. The Morgan fingerprint density at radius 3 is 2.48 bits per heavy atom. The van der Waals surface area contributed by atoms with Crippen LogP contribution in [0.25, 0.3) is 0 Å². The van der Waals surface area contributed by atoms with E-state index in [-0.39, 0.29) is 22.7 Å². The summed E-state index contributed by atoms with van der Waals surface area (Å²) < 4.78 is 0.120. The highest BCUT2D eigenvalue weighted by atomic mass is 32.2. The molecule has 1 aliphatic heterocycles. The number of hydrogen-bond donors (Lipinski definition) is 3. The van der Waals surface area contributed by atoms with E-state index >= 15 is 0 Å². The van der Waals surface area contributed by atoms with Crippen molar-refractivity contribution in [1.29, 1.82) is 0 Å². The maximum atomic E-state index is 11.8. The van der Waals surface area contributed by atoms with Crippen LogP contribution in [0.5, 0.6) is 0 Å². The van der Waals surface area contributed by atoms with Crippen molar-refractivity contribution < 1.29 is 14.7 Å². The molecule has 21 heavy (non-hydrogen) atoms. The molecule has 0 radical (unpaired) electrons. The average molecular weight is 316 g/mol. The van der Waals surface area contributed by atoms with E-state index in [4.69, 9.17) is 0 Å². The molecule has 0 saturated carbocycles. The molecule has 1 aliphatic rings. The molecule has 122 valence electrons. The molecule has 1 rings (SSSR count). The lowest BCUT2D eigenvalue weighted by Crippen LogP contribution is -2.45. The van der Waals surface area contributed by atoms with Crippen molar-refractivity contribution in [3.63, 3.8) is 0 Å². The van der Waals surface area contributed by atoms with Crippen LogP contribution >= 0.6 is 11.8 Å². The van der Waals surface area contributed by atoms with Crippen molar-refractivity contribution in [3.05, 3.63) is 0 Å². The maximum Gasteiger partial charge on any atom is 0.314 e. The molecule has 5 nitrogen and oxygen atoms in total. The van der Waals surface area contributed by atoms with Crippen molar-refractivity contribution in [3.8, 4) is 0 Å². The lowest BCUT2D eigenvalue weighted by atomic mass is 9.84. The molecule has 0 aromatic rings. The predicted molar refractivity (Wildman–Crippen MR) is 86.7 cm³/mol. The molecule has 0 bridgehead atoms. The third-order valence-electron chi connectivity index (χ3n) is 3.64. The van der Waals surface area contributed by atoms with E-state index in [1.807, 2.05) is 32.5 Å². The van der Waals surface area contributed by atoms with Gasteiger partial charge in [0.1, 0.15) is 0 Å². The lowest BCUT2D eigenvalue weighted by Gasteiger charge is -2.25. The molecule has 2 atom stereocenters. The Morgan fingerprint density at radius 2 is 2.00 bits per heavy atom. The molecule has 0 aliphatic carbocycles. The third-order valence-corrected chi connectivity index (χ3v) is 5.18. The SMILES string of the molecule is CC(C)(C)CC(CNC(=O)NCC1(C)CCCS1)C(=O)O. The fraction of sp³-hybridized carbons (Fsp3) is 0.867. The van der Waals surface area contributed by atoms with Crippen LogP contribution in [0, 0.1) is 11.3 Å². The minimum absolute atomic E-state index is 0.0742. The van der Waals surface area contributed by atoms with Crippen molar-refractivity contribution >= 4 is 23.8 Å². The van der Waals surface area contributed by atoms with Gasteiger partial charge in [0, 0.05) is 17.8 Å². The molecule has 0 aromatic carbocycles. The van der Waals surface area contributed by atoms with E-state index in [0.29, 0.717) is 13.0 Å². The van der Waals surface area contributed by atoms with Gasteiger partial charge in [0.05, 0.1) is 5.92 Å². The smallest absolute Gasteiger partial charge is 0.314 e. The average Bonchev–Trinajstić information content (AvgIpc) is 2.78. The van der Waals surface area contributed by atoms with Crippen LogP contribution in [0.3, 0.4) is 0 Å². The van der Waals surface area contributed by atoms with Gasteiger partial charge in [-0.1, -0.05) is 20.8 Å². The van der Waals surface area contributed by atoms with Gasteiger partial charge in [0.25, 0.3) is 0 Å². The van der Waals surface area contributed by atoms with Gasteiger partial charge in [-0.2, -0.15) is 11.8 Å². The summed E-state index contributed by atoms with van der Waals surface area (Å²) in [6.45, 7) is 8.96. The van der Waals surface area contributed by atoms with Crippen molar-refractivity contribution in [1.82, 2.24) is 10.6 Å². The number of carbonyl (C=O) groups is 2. The van der Waals surface area contributed by atoms with E-state index in [9.17, 15) is 14.7 Å². The van der Waals surface area contributed by atoms with Crippen LogP contribution in [-0.4, -0.2) is 40.7 Å². The topological polar surface area (TPSA) is 78.4 Å². The minimum atomic E-state index is -0.858. The summed E-state index contributed by atoms with van der Waals surface area (Å²) in [7, 11) is 0. The molecule has 2 unspecified atom stereocenters. The van der Waals surface area contributed by atoms with Gasteiger partial charge in [0.2, 0.25) is 0 Å². The molecular weight excluding hydrogens is 288 g/mol. The number of aliphatic carboxylic acids is 1. The standard InChI is InChI=1S/C15H28N2O3S/c1-14(2,3)8-11(12(18)19)9-16-13(20)17-10-15(4)6-5-7-21-15/h11H,5-10H2,1-4H3,(H,18,19)(H2,16,17,20). The number of amides is 2. The Bertz CT molecular complexity index is 374. The zero-order valence-corrected chi connectivity index (χ0v) is 14.3. The Balaban J connectivity index is 2.34. The zero-order valence-electron chi connectivity index (χ0n) is 13.5. The summed E-state index contributed by atoms with van der Waals surface area (Å²) >= 11 is 1.89. The molecular formula is C15H28N2O3S. The molecule has 6 heteroatoms. The van der Waals surface area contributed by atoms with Crippen molar-refractivity contribution in [2.45, 2.75) is 51.7 Å². The Morgan fingerprint density at radius 1 is 1.33 bits per heavy atom. The molecule has 0 aromatic heterocycles. The van der Waals surface area contributed by atoms with Gasteiger partial charge >= 0.3 is 12.0 Å². The molecule has 1 heterocycles. The number of carbonyl (C=O) groups excluding carboxylic acids is 1. The second-order valence-corrected chi connectivity index (χ2v) is 8.95. The van der Waals surface area contributed by atoms with Gasteiger partial charge in [-0.25, -0.2) is 4.79 Å². The highest BCUT2D eigenvalue weighted by Gasteiger charge is 2.30. The monoisotopic (exact) mass is 316 g/mol. The number of carboxylic acid groups (broad SMARTS) is 1. The maximum absolute atomic E-state index is 11.8. The second kappa shape index (κ2) is 7.38. The van der Waals surface area contributed by atoms with Crippen LogP contribution in [0.1, 0.15) is 47.0 Å². The lowest BCUT2D eigenvalue weighted by molar-refractivity contribution is -0.142. The number of hydrogen-bond acceptors (Lipinski definition) is 3. The van der Waals surface area contributed by atoms with Crippen LogP contribution in [0.15, 0.2) is 0 Å². The van der Waals surface area contributed by atoms with E-state index in [0.717, 1.165) is 12.2 Å². The van der Waals surface area contributed by atoms with E-state index < -0.39 is 11.9 Å². The van der Waals surface area contributed by atoms with Gasteiger partial charge in [-0.05, 0) is 37.4 Å². The number of thioether (sulfide) groups is 1. The van der Waals surface area contributed by atoms with Gasteiger partial charge < -0.3 is 15.7 Å².